The van der Waals surface area contributed by atoms with E-state index in [1.54, 1.807) is 0 Å². The Kier molecular flexibility index (Phi) is 5.31. The number of benzene rings is 8. The van der Waals surface area contributed by atoms with E-state index in [0.717, 1.165) is 0 Å². The maximum atomic E-state index is 2.37. The Morgan fingerprint density at radius 1 is 0.348 bits per heavy atom. The second kappa shape index (κ2) is 9.39. The van der Waals surface area contributed by atoms with Crippen molar-refractivity contribution in [3.05, 3.63) is 157 Å². The van der Waals surface area contributed by atoms with E-state index in [1.807, 2.05) is 11.3 Å². The van der Waals surface area contributed by atoms with Gasteiger partial charge >= 0.3 is 0 Å². The highest BCUT2D eigenvalue weighted by Gasteiger charge is 2.37. The zero-order valence-electron chi connectivity index (χ0n) is 25.8. The van der Waals surface area contributed by atoms with Crippen LogP contribution >= 0.6 is 11.3 Å². The van der Waals surface area contributed by atoms with Gasteiger partial charge < -0.3 is 0 Å². The summed E-state index contributed by atoms with van der Waals surface area (Å²) in [7, 11) is 0. The summed E-state index contributed by atoms with van der Waals surface area (Å²) in [6.45, 7) is 4.74. The van der Waals surface area contributed by atoms with E-state index in [9.17, 15) is 0 Å². The second-order valence-electron chi connectivity index (χ2n) is 13.2. The van der Waals surface area contributed by atoms with Crippen LogP contribution in [0.25, 0.3) is 85.9 Å². The van der Waals surface area contributed by atoms with Crippen LogP contribution in [-0.4, -0.2) is 0 Å². The fourth-order valence-corrected chi connectivity index (χ4v) is 9.75. The quantitative estimate of drug-likeness (QED) is 0.173. The molecule has 9 aromatic rings. The molecule has 0 nitrogen and oxygen atoms in total. The molecule has 1 aliphatic carbocycles. The molecule has 0 saturated carbocycles. The van der Waals surface area contributed by atoms with Crippen molar-refractivity contribution in [1.29, 1.82) is 0 Å². The third-order valence-corrected chi connectivity index (χ3v) is 11.8. The lowest BCUT2D eigenvalue weighted by Gasteiger charge is -2.22. The van der Waals surface area contributed by atoms with Crippen LogP contribution in [0.2, 0.25) is 0 Å². The summed E-state index contributed by atoms with van der Waals surface area (Å²) in [6.07, 6.45) is 0. The fourth-order valence-electron chi connectivity index (χ4n) is 8.39. The number of rotatable bonds is 2. The Morgan fingerprint density at radius 3 is 1.59 bits per heavy atom. The van der Waals surface area contributed by atoms with Crippen LogP contribution in [0, 0.1) is 0 Å². The molecular formula is C45H30S. The molecule has 0 atom stereocenters. The first-order valence-electron chi connectivity index (χ1n) is 16.1. The number of thiophene rings is 1. The van der Waals surface area contributed by atoms with Gasteiger partial charge in [-0.15, -0.1) is 11.3 Å². The SMILES string of the molecule is CC1(C)c2ccccc2-c2c(-c3c4ccccc4c(-c4cccc5c4sc4c6ccccc6ccc54)c4ccccc34)cccc21. The lowest BCUT2D eigenvalue weighted by Crippen LogP contribution is -2.14. The number of hydrogen-bond acceptors (Lipinski definition) is 1. The molecule has 1 aromatic heterocycles. The maximum Gasteiger partial charge on any atom is 0.0434 e. The summed E-state index contributed by atoms with van der Waals surface area (Å²) >= 11 is 1.94. The molecule has 216 valence electrons. The molecule has 46 heavy (non-hydrogen) atoms. The Labute approximate surface area is 272 Å². The summed E-state index contributed by atoms with van der Waals surface area (Å²) in [5.41, 5.74) is 10.8. The van der Waals surface area contributed by atoms with Crippen LogP contribution in [0.15, 0.2) is 146 Å². The highest BCUT2D eigenvalue weighted by molar-refractivity contribution is 7.27. The van der Waals surface area contributed by atoms with Crippen molar-refractivity contribution in [2.75, 3.05) is 0 Å². The first kappa shape index (κ1) is 26.0. The maximum absolute atomic E-state index is 2.37. The highest BCUT2D eigenvalue weighted by Crippen LogP contribution is 2.55. The average Bonchev–Trinajstić information content (AvgIpc) is 3.60. The normalized spacial score (nSPS) is 13.6. The number of fused-ring (bicyclic) bond motifs is 10. The third-order valence-electron chi connectivity index (χ3n) is 10.5. The lowest BCUT2D eigenvalue weighted by atomic mass is 9.80. The molecule has 0 radical (unpaired) electrons. The molecular weight excluding hydrogens is 573 g/mol. The van der Waals surface area contributed by atoms with Crippen molar-refractivity contribution < 1.29 is 0 Å². The Bertz CT molecular complexity index is 2660. The second-order valence-corrected chi connectivity index (χ2v) is 14.2. The van der Waals surface area contributed by atoms with Gasteiger partial charge in [0.1, 0.15) is 0 Å². The fraction of sp³-hybridized carbons (Fsp3) is 0.0667. The van der Waals surface area contributed by atoms with Crippen molar-refractivity contribution >= 4 is 63.8 Å². The molecule has 10 rings (SSSR count). The van der Waals surface area contributed by atoms with Crippen molar-refractivity contribution in [3.63, 3.8) is 0 Å². The summed E-state index contributed by atoms with van der Waals surface area (Å²) in [5.74, 6) is 0. The standard InChI is InChI=1S/C45H30S/c1-45(2)38-23-10-9-19-35(38)42-36(21-12-24-39(42)45)40-29-15-5-7-17-31(29)41(32-18-8-6-16-30(32)40)37-22-11-20-33-34-26-25-27-13-3-4-14-28(27)43(34)46-44(33)37/h3-26H,1-2H3. The molecule has 0 aliphatic heterocycles. The molecule has 0 N–H and O–H groups in total. The van der Waals surface area contributed by atoms with E-state index < -0.39 is 0 Å². The van der Waals surface area contributed by atoms with Gasteiger partial charge in [-0.1, -0.05) is 159 Å². The molecule has 0 unspecified atom stereocenters. The van der Waals surface area contributed by atoms with Gasteiger partial charge in [-0.25, -0.2) is 0 Å². The van der Waals surface area contributed by atoms with Crippen LogP contribution in [0.4, 0.5) is 0 Å². The van der Waals surface area contributed by atoms with Crippen LogP contribution in [0.1, 0.15) is 25.0 Å². The monoisotopic (exact) mass is 602 g/mol. The molecule has 0 saturated heterocycles. The van der Waals surface area contributed by atoms with Gasteiger partial charge in [-0.2, -0.15) is 0 Å². The van der Waals surface area contributed by atoms with Gasteiger partial charge in [0.05, 0.1) is 0 Å². The Balaban J connectivity index is 1.34. The Morgan fingerprint density at radius 2 is 0.848 bits per heavy atom. The summed E-state index contributed by atoms with van der Waals surface area (Å²) in [5, 5.41) is 10.5. The molecule has 1 heteroatoms. The molecule has 0 fully saturated rings. The topological polar surface area (TPSA) is 0 Å². The summed E-state index contributed by atoms with van der Waals surface area (Å²) < 4.78 is 2.72. The minimum Gasteiger partial charge on any atom is -0.134 e. The zero-order chi connectivity index (χ0) is 30.6. The van der Waals surface area contributed by atoms with E-state index in [0.29, 0.717) is 0 Å². The highest BCUT2D eigenvalue weighted by atomic mass is 32.1. The van der Waals surface area contributed by atoms with E-state index >= 15 is 0 Å². The van der Waals surface area contributed by atoms with Gasteiger partial charge in [0.15, 0.2) is 0 Å². The van der Waals surface area contributed by atoms with E-state index in [2.05, 4.69) is 159 Å². The smallest absolute Gasteiger partial charge is 0.0434 e. The van der Waals surface area contributed by atoms with Gasteiger partial charge in [0, 0.05) is 31.2 Å². The van der Waals surface area contributed by atoms with Crippen molar-refractivity contribution in [3.8, 4) is 33.4 Å². The van der Waals surface area contributed by atoms with Gasteiger partial charge in [0.2, 0.25) is 0 Å². The minimum atomic E-state index is -0.0471. The first-order chi connectivity index (χ1) is 22.6. The summed E-state index contributed by atoms with van der Waals surface area (Å²) in [6, 6.07) is 54.4. The van der Waals surface area contributed by atoms with Crippen molar-refractivity contribution in [1.82, 2.24) is 0 Å². The van der Waals surface area contributed by atoms with Gasteiger partial charge in [0.25, 0.3) is 0 Å². The zero-order valence-corrected chi connectivity index (χ0v) is 26.6. The average molecular weight is 603 g/mol. The van der Waals surface area contributed by atoms with Crippen molar-refractivity contribution in [2.24, 2.45) is 0 Å². The predicted molar refractivity (Wildman–Crippen MR) is 200 cm³/mol. The van der Waals surface area contributed by atoms with E-state index in [-0.39, 0.29) is 5.41 Å². The van der Waals surface area contributed by atoms with Crippen LogP contribution in [-0.2, 0) is 5.41 Å². The molecule has 8 aromatic carbocycles. The third kappa shape index (κ3) is 3.39. The first-order valence-corrected chi connectivity index (χ1v) is 16.9. The largest absolute Gasteiger partial charge is 0.134 e. The minimum absolute atomic E-state index is 0.0471. The van der Waals surface area contributed by atoms with Crippen molar-refractivity contribution in [2.45, 2.75) is 19.3 Å². The molecule has 1 heterocycles. The van der Waals surface area contributed by atoms with E-state index in [1.165, 1.54) is 97.0 Å². The predicted octanol–water partition coefficient (Wildman–Crippen LogP) is 13.2. The molecule has 1 aliphatic rings. The van der Waals surface area contributed by atoms with E-state index in [4.69, 9.17) is 0 Å². The molecule has 0 bridgehead atoms. The lowest BCUT2D eigenvalue weighted by molar-refractivity contribution is 0.660. The summed E-state index contributed by atoms with van der Waals surface area (Å²) in [4.78, 5) is 0. The van der Waals surface area contributed by atoms with Gasteiger partial charge in [-0.05, 0) is 71.3 Å². The van der Waals surface area contributed by atoms with Crippen LogP contribution in [0.3, 0.4) is 0 Å². The van der Waals surface area contributed by atoms with Gasteiger partial charge in [-0.3, -0.25) is 0 Å². The molecule has 0 spiro atoms. The Hall–Kier alpha value is -5.24. The van der Waals surface area contributed by atoms with Crippen LogP contribution < -0.4 is 0 Å². The van der Waals surface area contributed by atoms with Crippen LogP contribution in [0.5, 0.6) is 0 Å². The molecule has 0 amide bonds. The number of hydrogen-bond donors (Lipinski definition) is 0.